The van der Waals surface area contributed by atoms with Crippen LogP contribution >= 0.6 is 0 Å². The van der Waals surface area contributed by atoms with Gasteiger partial charge >= 0.3 is 11.8 Å². The molecule has 2 saturated carbocycles. The number of benzene rings is 3. The SMILES string of the molecule is Cc1c(-c2ccc(C[C@@H](C(N)=O)N(C(=O)C3CCC(CNC(=O)OC(C)(C)C)CC3)c3ccc4[nH]c(=O)[nH]c4c3)cc2)cc2[nH]c(C3CCC3)nc2c1F. The number of nitrogens with zero attached hydrogens (tertiary/aromatic N) is 2. The Morgan fingerprint density at radius 1 is 0.963 bits per heavy atom. The molecule has 284 valence electrons. The Kier molecular flexibility index (Phi) is 10.1. The van der Waals surface area contributed by atoms with Crippen molar-refractivity contribution in [3.63, 3.8) is 0 Å². The van der Waals surface area contributed by atoms with Gasteiger partial charge in [-0.1, -0.05) is 30.7 Å². The highest BCUT2D eigenvalue weighted by molar-refractivity contribution is 6.02. The molecule has 13 heteroatoms. The first-order chi connectivity index (χ1) is 25.7. The minimum atomic E-state index is -1.04. The molecule has 2 aromatic heterocycles. The Morgan fingerprint density at radius 3 is 2.31 bits per heavy atom. The third kappa shape index (κ3) is 7.76. The van der Waals surface area contributed by atoms with Crippen LogP contribution in [0.25, 0.3) is 33.2 Å². The zero-order valence-corrected chi connectivity index (χ0v) is 31.2. The van der Waals surface area contributed by atoms with Gasteiger partial charge in [0.15, 0.2) is 5.82 Å². The fourth-order valence-corrected chi connectivity index (χ4v) is 7.75. The third-order valence-electron chi connectivity index (χ3n) is 11.0. The zero-order valence-electron chi connectivity index (χ0n) is 31.2. The molecule has 6 N–H and O–H groups in total. The van der Waals surface area contributed by atoms with Crippen LogP contribution in [0.2, 0.25) is 0 Å². The van der Waals surface area contributed by atoms with Crippen molar-refractivity contribution in [1.82, 2.24) is 25.3 Å². The Morgan fingerprint density at radius 2 is 1.67 bits per heavy atom. The number of carbonyl (C=O) groups excluding carboxylic acids is 3. The van der Waals surface area contributed by atoms with E-state index in [1.165, 1.54) is 4.90 Å². The van der Waals surface area contributed by atoms with Gasteiger partial charge in [0.05, 0.1) is 16.6 Å². The van der Waals surface area contributed by atoms with Crippen LogP contribution in [0.3, 0.4) is 0 Å². The number of aromatic amines is 3. The lowest BCUT2D eigenvalue weighted by Gasteiger charge is -2.36. The van der Waals surface area contributed by atoms with Crippen LogP contribution in [0.1, 0.15) is 88.6 Å². The summed E-state index contributed by atoms with van der Waals surface area (Å²) in [6.45, 7) is 7.63. The number of fused-ring (bicyclic) bond motifs is 2. The van der Waals surface area contributed by atoms with E-state index in [4.69, 9.17) is 10.5 Å². The average molecular weight is 738 g/mol. The van der Waals surface area contributed by atoms with Gasteiger partial charge in [-0.3, -0.25) is 14.5 Å². The molecule has 0 bridgehead atoms. The second kappa shape index (κ2) is 14.8. The zero-order chi connectivity index (χ0) is 38.3. The summed E-state index contributed by atoms with van der Waals surface area (Å²) in [5, 5.41) is 2.85. The molecule has 1 atom stereocenters. The maximum atomic E-state index is 15.6. The largest absolute Gasteiger partial charge is 0.444 e. The standard InChI is InChI=1S/C41H48FN7O5/c1-22-29(20-32-35(34(22)42)48-37(45-32)26-6-5-7-26)25-12-8-23(9-13-25)18-33(36(43)50)49(28-16-17-30-31(19-28)47-39(52)46-30)38(51)27-14-10-24(11-15-27)21-44-40(53)54-41(2,3)4/h8-9,12-13,16-17,19-20,24,26-27,33H,5-7,10-11,14-15,18,21H2,1-4H3,(H2,43,50)(H,44,53)(H,45,48)(H2,46,47,52)/t24?,27?,33-/m0/s1. The number of alkyl carbamates (subject to hydrolysis) is 1. The maximum Gasteiger partial charge on any atom is 0.407 e. The fraction of sp³-hybridized carbons (Fsp3) is 0.439. The van der Waals surface area contributed by atoms with Gasteiger partial charge in [0.25, 0.3) is 0 Å². The van der Waals surface area contributed by atoms with Crippen molar-refractivity contribution >= 4 is 45.7 Å². The van der Waals surface area contributed by atoms with E-state index >= 15 is 4.39 Å². The van der Waals surface area contributed by atoms with Gasteiger partial charge in [-0.05, 0) is 119 Å². The van der Waals surface area contributed by atoms with Crippen LogP contribution in [-0.2, 0) is 20.7 Å². The predicted molar refractivity (Wildman–Crippen MR) is 206 cm³/mol. The molecule has 0 radical (unpaired) electrons. The number of nitrogens with two attached hydrogens (primary N) is 1. The number of H-pyrrole nitrogens is 3. The van der Waals surface area contributed by atoms with Gasteiger partial charge in [0.2, 0.25) is 11.8 Å². The van der Waals surface area contributed by atoms with Crippen molar-refractivity contribution in [2.45, 2.75) is 96.6 Å². The normalized spacial score (nSPS) is 18.3. The number of carbonyl (C=O) groups is 3. The molecule has 2 aliphatic carbocycles. The van der Waals surface area contributed by atoms with Crippen LogP contribution < -0.4 is 21.6 Å². The van der Waals surface area contributed by atoms with Crippen LogP contribution in [0, 0.1) is 24.6 Å². The molecule has 2 heterocycles. The Hall–Kier alpha value is -5.46. The van der Waals surface area contributed by atoms with Crippen molar-refractivity contribution in [3.05, 3.63) is 81.8 Å². The van der Waals surface area contributed by atoms with E-state index in [1.807, 2.05) is 51.1 Å². The van der Waals surface area contributed by atoms with Crippen LogP contribution in [0.15, 0.2) is 53.3 Å². The number of nitrogens with one attached hydrogen (secondary N) is 4. The summed E-state index contributed by atoms with van der Waals surface area (Å²) >= 11 is 0. The molecule has 3 aromatic carbocycles. The minimum Gasteiger partial charge on any atom is -0.444 e. The van der Waals surface area contributed by atoms with Crippen LogP contribution in [0.5, 0.6) is 0 Å². The summed E-state index contributed by atoms with van der Waals surface area (Å²) in [5.74, 6) is -0.262. The Labute approximate surface area is 312 Å². The lowest BCUT2D eigenvalue weighted by Crippen LogP contribution is -2.52. The summed E-state index contributed by atoms with van der Waals surface area (Å²) in [6.07, 6.45) is 5.48. The first-order valence-electron chi connectivity index (χ1n) is 18.8. The molecule has 5 aromatic rings. The van der Waals surface area contributed by atoms with E-state index in [9.17, 15) is 19.2 Å². The van der Waals surface area contributed by atoms with Crippen molar-refractivity contribution in [2.24, 2.45) is 17.6 Å². The van der Waals surface area contributed by atoms with Gasteiger partial charge in [-0.25, -0.2) is 19.0 Å². The fourth-order valence-electron chi connectivity index (χ4n) is 7.75. The Bertz CT molecular complexity index is 2260. The topological polar surface area (TPSA) is 179 Å². The number of amides is 3. The van der Waals surface area contributed by atoms with Crippen molar-refractivity contribution in [2.75, 3.05) is 11.4 Å². The number of aromatic nitrogens is 4. The van der Waals surface area contributed by atoms with Crippen molar-refractivity contribution < 1.29 is 23.5 Å². The van der Waals surface area contributed by atoms with E-state index in [2.05, 4.69) is 25.3 Å². The molecule has 0 unspecified atom stereocenters. The number of halogens is 1. The van der Waals surface area contributed by atoms with Crippen molar-refractivity contribution in [3.8, 4) is 11.1 Å². The Balaban J connectivity index is 1.12. The molecule has 7 rings (SSSR count). The number of hydrogen-bond acceptors (Lipinski definition) is 6. The predicted octanol–water partition coefficient (Wildman–Crippen LogP) is 6.88. The van der Waals surface area contributed by atoms with E-state index < -0.39 is 23.6 Å². The molecule has 54 heavy (non-hydrogen) atoms. The molecule has 0 spiro atoms. The summed E-state index contributed by atoms with van der Waals surface area (Å²) < 4.78 is 21.0. The van der Waals surface area contributed by atoms with Gasteiger partial charge in [0.1, 0.15) is 23.0 Å². The average Bonchev–Trinajstić information content (AvgIpc) is 3.69. The maximum absolute atomic E-state index is 15.6. The van der Waals surface area contributed by atoms with Crippen molar-refractivity contribution in [1.29, 1.82) is 0 Å². The van der Waals surface area contributed by atoms with Crippen LogP contribution in [-0.4, -0.2) is 56.0 Å². The first kappa shape index (κ1) is 36.9. The summed E-state index contributed by atoms with van der Waals surface area (Å²) in [4.78, 5) is 67.0. The molecule has 12 nitrogen and oxygen atoms in total. The van der Waals surface area contributed by atoms with Gasteiger partial charge < -0.3 is 30.7 Å². The highest BCUT2D eigenvalue weighted by Crippen LogP contribution is 2.38. The first-order valence-corrected chi connectivity index (χ1v) is 18.8. The number of hydrogen-bond donors (Lipinski definition) is 5. The number of imidazole rings is 2. The van der Waals surface area contributed by atoms with Gasteiger partial charge in [-0.2, -0.15) is 0 Å². The van der Waals surface area contributed by atoms with E-state index in [1.54, 1.807) is 25.1 Å². The molecular formula is C41H48FN7O5. The smallest absolute Gasteiger partial charge is 0.407 e. The lowest BCUT2D eigenvalue weighted by molar-refractivity contribution is -0.127. The third-order valence-corrected chi connectivity index (χ3v) is 11.0. The summed E-state index contributed by atoms with van der Waals surface area (Å²) in [7, 11) is 0. The minimum absolute atomic E-state index is 0.135. The second-order valence-corrected chi connectivity index (χ2v) is 15.9. The molecule has 0 aliphatic heterocycles. The highest BCUT2D eigenvalue weighted by Gasteiger charge is 2.36. The monoisotopic (exact) mass is 737 g/mol. The quantitative estimate of drug-likeness (QED) is 0.104. The van der Waals surface area contributed by atoms with Crippen LogP contribution in [0.4, 0.5) is 14.9 Å². The number of rotatable bonds is 10. The summed E-state index contributed by atoms with van der Waals surface area (Å²) in [6, 6.07) is 13.5. The number of anilines is 1. The molecule has 3 amide bonds. The van der Waals surface area contributed by atoms with E-state index in [0.29, 0.717) is 71.5 Å². The molecule has 2 aliphatic rings. The number of primary amides is 1. The van der Waals surface area contributed by atoms with E-state index in [0.717, 1.165) is 41.8 Å². The summed E-state index contributed by atoms with van der Waals surface area (Å²) in [5.41, 5.74) is 10.4. The van der Waals surface area contributed by atoms with Gasteiger partial charge in [0, 0.05) is 30.5 Å². The van der Waals surface area contributed by atoms with E-state index in [-0.39, 0.29) is 35.7 Å². The lowest BCUT2D eigenvalue weighted by atomic mass is 9.81. The molecule has 2 fully saturated rings. The molecule has 0 saturated heterocycles. The second-order valence-electron chi connectivity index (χ2n) is 15.9. The van der Waals surface area contributed by atoms with Gasteiger partial charge in [-0.15, -0.1) is 0 Å². The highest BCUT2D eigenvalue weighted by atomic mass is 19.1. The number of ether oxygens (including phenoxy) is 1. The molecular weight excluding hydrogens is 689 g/mol.